The van der Waals surface area contributed by atoms with Crippen LogP contribution in [-0.4, -0.2) is 23.5 Å². The smallest absolute Gasteiger partial charge is 0.338 e. The van der Waals surface area contributed by atoms with Gasteiger partial charge in [0.25, 0.3) is 0 Å². The number of rotatable bonds is 3. The summed E-state index contributed by atoms with van der Waals surface area (Å²) in [6.07, 6.45) is 0. The van der Waals surface area contributed by atoms with Crippen molar-refractivity contribution in [3.63, 3.8) is 0 Å². The lowest BCUT2D eigenvalue weighted by molar-refractivity contribution is 0.0524. The van der Waals surface area contributed by atoms with E-state index in [0.29, 0.717) is 16.7 Å². The molecule has 1 N–H and O–H groups in total. The van der Waals surface area contributed by atoms with Crippen LogP contribution in [0, 0.1) is 13.8 Å². The number of ketones is 1. The van der Waals surface area contributed by atoms with Crippen LogP contribution >= 0.6 is 0 Å². The van der Waals surface area contributed by atoms with Crippen LogP contribution in [0.4, 0.5) is 0 Å². The monoisotopic (exact) mass is 236 g/mol. The van der Waals surface area contributed by atoms with Crippen molar-refractivity contribution in [2.45, 2.75) is 27.7 Å². The Labute approximate surface area is 100 Å². The first kappa shape index (κ1) is 13.2. The summed E-state index contributed by atoms with van der Waals surface area (Å²) in [5, 5.41) is 9.71. The Bertz CT molecular complexity index is 475. The van der Waals surface area contributed by atoms with Gasteiger partial charge in [0, 0.05) is 0 Å². The van der Waals surface area contributed by atoms with Crippen LogP contribution in [0.25, 0.3) is 0 Å². The van der Waals surface area contributed by atoms with Gasteiger partial charge in [-0.25, -0.2) is 4.79 Å². The molecule has 4 nitrogen and oxygen atoms in total. The molecule has 92 valence electrons. The summed E-state index contributed by atoms with van der Waals surface area (Å²) >= 11 is 0. The second-order valence-electron chi connectivity index (χ2n) is 3.86. The number of phenolic OH excluding ortho intramolecular Hbond substituents is 1. The van der Waals surface area contributed by atoms with Crippen molar-refractivity contribution in [3.8, 4) is 5.75 Å². The zero-order valence-corrected chi connectivity index (χ0v) is 10.5. The number of carbonyl (C=O) groups is 2. The number of hydrogen-bond donors (Lipinski definition) is 1. The van der Waals surface area contributed by atoms with Gasteiger partial charge in [-0.05, 0) is 44.9 Å². The number of phenols is 1. The maximum atomic E-state index is 11.8. The SMILES string of the molecule is CCOC(=O)c1c(C)cc(O)c(C(C)=O)c1C. The highest BCUT2D eigenvalue weighted by molar-refractivity contribution is 6.03. The number of ether oxygens (including phenoxy) is 1. The largest absolute Gasteiger partial charge is 0.507 e. The summed E-state index contributed by atoms with van der Waals surface area (Å²) in [5.41, 5.74) is 1.60. The van der Waals surface area contributed by atoms with Crippen LogP contribution in [0.15, 0.2) is 6.07 Å². The number of aryl methyl sites for hydroxylation is 1. The Kier molecular flexibility index (Phi) is 3.89. The fourth-order valence-corrected chi connectivity index (χ4v) is 1.92. The number of aromatic hydroxyl groups is 1. The molecule has 0 aliphatic heterocycles. The van der Waals surface area contributed by atoms with Gasteiger partial charge in [-0.2, -0.15) is 0 Å². The number of benzene rings is 1. The summed E-state index contributed by atoms with van der Waals surface area (Å²) < 4.78 is 4.93. The molecule has 0 aliphatic carbocycles. The van der Waals surface area contributed by atoms with Crippen LogP contribution in [0.5, 0.6) is 5.75 Å². The predicted molar refractivity (Wildman–Crippen MR) is 63.5 cm³/mol. The second-order valence-corrected chi connectivity index (χ2v) is 3.86. The van der Waals surface area contributed by atoms with Gasteiger partial charge in [0.15, 0.2) is 5.78 Å². The van der Waals surface area contributed by atoms with Gasteiger partial charge >= 0.3 is 5.97 Å². The lowest BCUT2D eigenvalue weighted by Gasteiger charge is -2.13. The van der Waals surface area contributed by atoms with E-state index >= 15 is 0 Å². The lowest BCUT2D eigenvalue weighted by atomic mass is 9.94. The number of Topliss-reactive ketones (excluding diaryl/α,β-unsaturated/α-hetero) is 1. The predicted octanol–water partition coefficient (Wildman–Crippen LogP) is 2.39. The fourth-order valence-electron chi connectivity index (χ4n) is 1.92. The first-order valence-electron chi connectivity index (χ1n) is 5.41. The molecular formula is C13H16O4. The molecule has 0 amide bonds. The van der Waals surface area contributed by atoms with Crippen LogP contribution in [-0.2, 0) is 4.74 Å². The Hall–Kier alpha value is -1.84. The van der Waals surface area contributed by atoms with Crippen LogP contribution in [0.2, 0.25) is 0 Å². The lowest BCUT2D eigenvalue weighted by Crippen LogP contribution is -2.12. The zero-order chi connectivity index (χ0) is 13.2. The van der Waals surface area contributed by atoms with E-state index in [9.17, 15) is 14.7 Å². The Morgan fingerprint density at radius 2 is 1.88 bits per heavy atom. The molecule has 1 aromatic carbocycles. The highest BCUT2D eigenvalue weighted by atomic mass is 16.5. The Morgan fingerprint density at radius 3 is 2.35 bits per heavy atom. The molecule has 0 unspecified atom stereocenters. The first-order valence-corrected chi connectivity index (χ1v) is 5.41. The quantitative estimate of drug-likeness (QED) is 0.646. The van der Waals surface area contributed by atoms with Crippen molar-refractivity contribution < 1.29 is 19.4 Å². The highest BCUT2D eigenvalue weighted by Gasteiger charge is 2.21. The molecule has 0 bridgehead atoms. The van der Waals surface area contributed by atoms with E-state index in [0.717, 1.165) is 0 Å². The van der Waals surface area contributed by atoms with Crippen LogP contribution in [0.3, 0.4) is 0 Å². The molecule has 0 saturated carbocycles. The molecular weight excluding hydrogens is 220 g/mol. The zero-order valence-electron chi connectivity index (χ0n) is 10.5. The van der Waals surface area contributed by atoms with Crippen molar-refractivity contribution in [2.24, 2.45) is 0 Å². The normalized spacial score (nSPS) is 10.1. The van der Waals surface area contributed by atoms with Gasteiger partial charge in [-0.15, -0.1) is 0 Å². The fraction of sp³-hybridized carbons (Fsp3) is 0.385. The highest BCUT2D eigenvalue weighted by Crippen LogP contribution is 2.28. The number of hydrogen-bond acceptors (Lipinski definition) is 4. The van der Waals surface area contributed by atoms with E-state index in [1.54, 1.807) is 20.8 Å². The molecule has 0 fully saturated rings. The van der Waals surface area contributed by atoms with Gasteiger partial charge in [0.05, 0.1) is 17.7 Å². The van der Waals surface area contributed by atoms with E-state index in [1.165, 1.54) is 13.0 Å². The third-order valence-corrected chi connectivity index (χ3v) is 2.59. The minimum atomic E-state index is -0.468. The molecule has 0 heterocycles. The first-order chi connectivity index (χ1) is 7.90. The summed E-state index contributed by atoms with van der Waals surface area (Å²) in [5.74, 6) is -0.837. The third kappa shape index (κ3) is 2.46. The van der Waals surface area contributed by atoms with E-state index in [-0.39, 0.29) is 23.7 Å². The maximum absolute atomic E-state index is 11.8. The van der Waals surface area contributed by atoms with Gasteiger partial charge in [0.2, 0.25) is 0 Å². The van der Waals surface area contributed by atoms with Crippen molar-refractivity contribution in [3.05, 3.63) is 28.3 Å². The van der Waals surface area contributed by atoms with Crippen molar-refractivity contribution in [1.29, 1.82) is 0 Å². The molecule has 0 saturated heterocycles. The molecule has 1 rings (SSSR count). The summed E-state index contributed by atoms with van der Waals surface area (Å²) in [4.78, 5) is 23.2. The van der Waals surface area contributed by atoms with E-state index in [2.05, 4.69) is 0 Å². The molecule has 17 heavy (non-hydrogen) atoms. The summed E-state index contributed by atoms with van der Waals surface area (Å²) in [6.45, 7) is 6.67. The Balaban J connectivity index is 3.46. The van der Waals surface area contributed by atoms with Gasteiger partial charge in [-0.1, -0.05) is 0 Å². The van der Waals surface area contributed by atoms with Gasteiger partial charge < -0.3 is 9.84 Å². The van der Waals surface area contributed by atoms with E-state index in [4.69, 9.17) is 4.74 Å². The minimum absolute atomic E-state index is 0.0967. The molecule has 0 spiro atoms. The third-order valence-electron chi connectivity index (χ3n) is 2.59. The van der Waals surface area contributed by atoms with Crippen molar-refractivity contribution >= 4 is 11.8 Å². The van der Waals surface area contributed by atoms with Gasteiger partial charge in [-0.3, -0.25) is 4.79 Å². The molecule has 0 aliphatic rings. The maximum Gasteiger partial charge on any atom is 0.338 e. The second kappa shape index (κ2) is 4.99. The summed E-state index contributed by atoms with van der Waals surface area (Å²) in [7, 11) is 0. The average molecular weight is 236 g/mol. The molecule has 1 aromatic rings. The Morgan fingerprint density at radius 1 is 1.29 bits per heavy atom. The van der Waals surface area contributed by atoms with Crippen LogP contribution < -0.4 is 0 Å². The van der Waals surface area contributed by atoms with Crippen molar-refractivity contribution in [2.75, 3.05) is 6.61 Å². The molecule has 0 aromatic heterocycles. The standard InChI is InChI=1S/C13H16O4/c1-5-17-13(16)11-7(2)6-10(15)12(8(11)3)9(4)14/h6,15H,5H2,1-4H3. The molecule has 0 atom stereocenters. The van der Waals surface area contributed by atoms with Gasteiger partial charge in [0.1, 0.15) is 5.75 Å². The summed E-state index contributed by atoms with van der Waals surface area (Å²) in [6, 6.07) is 1.41. The van der Waals surface area contributed by atoms with Crippen molar-refractivity contribution in [1.82, 2.24) is 0 Å². The average Bonchev–Trinajstić information content (AvgIpc) is 2.15. The molecule has 4 heteroatoms. The molecule has 0 radical (unpaired) electrons. The van der Waals surface area contributed by atoms with E-state index in [1.807, 2.05) is 0 Å². The van der Waals surface area contributed by atoms with Crippen LogP contribution in [0.1, 0.15) is 45.7 Å². The topological polar surface area (TPSA) is 63.6 Å². The van der Waals surface area contributed by atoms with E-state index < -0.39 is 5.97 Å². The number of carbonyl (C=O) groups excluding carboxylic acids is 2. The number of esters is 1. The minimum Gasteiger partial charge on any atom is -0.507 e.